The molecular weight excluding hydrogens is 344 g/mol. The lowest BCUT2D eigenvalue weighted by Gasteiger charge is -2.33. The summed E-state index contributed by atoms with van der Waals surface area (Å²) in [6, 6.07) is 12.8. The Morgan fingerprint density at radius 2 is 2.00 bits per heavy atom. The largest absolute Gasteiger partial charge is 0.374 e. The van der Waals surface area contributed by atoms with Crippen LogP contribution in [0.25, 0.3) is 11.3 Å². The van der Waals surface area contributed by atoms with Gasteiger partial charge in [-0.05, 0) is 24.8 Å². The summed E-state index contributed by atoms with van der Waals surface area (Å²) in [6.07, 6.45) is 2.58. The van der Waals surface area contributed by atoms with Crippen LogP contribution < -0.4 is 10.9 Å². The van der Waals surface area contributed by atoms with Gasteiger partial charge in [0.05, 0.1) is 24.9 Å². The van der Waals surface area contributed by atoms with E-state index in [-0.39, 0.29) is 17.7 Å². The Morgan fingerprint density at radius 1 is 1.19 bits per heavy atom. The Labute approximate surface area is 157 Å². The van der Waals surface area contributed by atoms with E-state index in [1.54, 1.807) is 6.07 Å². The van der Waals surface area contributed by atoms with Gasteiger partial charge in [0.15, 0.2) is 0 Å². The number of nitrogens with zero attached hydrogens (tertiary/aromatic N) is 3. The van der Waals surface area contributed by atoms with Crippen LogP contribution in [0.3, 0.4) is 0 Å². The van der Waals surface area contributed by atoms with Gasteiger partial charge in [0.25, 0.3) is 5.56 Å². The molecule has 7 heteroatoms. The Bertz CT molecular complexity index is 848. The fourth-order valence-electron chi connectivity index (χ4n) is 3.37. The molecule has 1 aromatic heterocycles. The first-order valence-electron chi connectivity index (χ1n) is 9.49. The molecule has 2 aromatic rings. The van der Waals surface area contributed by atoms with E-state index >= 15 is 0 Å². The van der Waals surface area contributed by atoms with Crippen molar-refractivity contribution >= 4 is 6.03 Å². The standard InChI is InChI=1S/C20H24N4O3/c25-19-9-8-17(15-4-2-1-3-5-15)22-24(19)11-10-21-20(26)23-12-13-27-18(14-23)16-6-7-16/h1-5,8-9,16,18H,6-7,10-14H2,(H,21,26)/t18-/m1/s1. The van der Waals surface area contributed by atoms with Gasteiger partial charge in [-0.1, -0.05) is 30.3 Å². The van der Waals surface area contributed by atoms with Crippen molar-refractivity contribution in [2.75, 3.05) is 26.2 Å². The van der Waals surface area contributed by atoms with E-state index in [0.29, 0.717) is 38.7 Å². The minimum Gasteiger partial charge on any atom is -0.374 e. The Hall–Kier alpha value is -2.67. The maximum Gasteiger partial charge on any atom is 0.317 e. The van der Waals surface area contributed by atoms with Crippen molar-refractivity contribution in [1.29, 1.82) is 0 Å². The molecule has 1 saturated heterocycles. The normalized spacial score (nSPS) is 19.7. The first kappa shape index (κ1) is 17.7. The van der Waals surface area contributed by atoms with Crippen molar-refractivity contribution in [3.05, 3.63) is 52.8 Å². The third-order valence-electron chi connectivity index (χ3n) is 5.06. The predicted molar refractivity (Wildman–Crippen MR) is 101 cm³/mol. The van der Waals surface area contributed by atoms with Gasteiger partial charge in [0.2, 0.25) is 0 Å². The second-order valence-electron chi connectivity index (χ2n) is 7.07. The Balaban J connectivity index is 1.33. The number of rotatable bonds is 5. The van der Waals surface area contributed by atoms with Gasteiger partial charge in [0, 0.05) is 31.3 Å². The average Bonchev–Trinajstić information content (AvgIpc) is 3.55. The number of urea groups is 1. The lowest BCUT2D eigenvalue weighted by Crippen LogP contribution is -2.50. The topological polar surface area (TPSA) is 76.5 Å². The SMILES string of the molecule is O=C(NCCn1nc(-c2ccccc2)ccc1=O)N1CCO[C@@H](C2CC2)C1. The number of amides is 2. The highest BCUT2D eigenvalue weighted by Gasteiger charge is 2.36. The third kappa shape index (κ3) is 4.36. The zero-order chi connectivity index (χ0) is 18.6. The van der Waals surface area contributed by atoms with Crippen molar-refractivity contribution < 1.29 is 9.53 Å². The van der Waals surface area contributed by atoms with Crippen LogP contribution in [0.4, 0.5) is 4.79 Å². The number of carbonyl (C=O) groups is 1. The molecule has 1 saturated carbocycles. The second-order valence-corrected chi connectivity index (χ2v) is 7.07. The van der Waals surface area contributed by atoms with Gasteiger partial charge in [0.1, 0.15) is 0 Å². The van der Waals surface area contributed by atoms with Gasteiger partial charge in [-0.25, -0.2) is 9.48 Å². The summed E-state index contributed by atoms with van der Waals surface area (Å²) in [7, 11) is 0. The Kier molecular flexibility index (Phi) is 5.20. The molecule has 0 bridgehead atoms. The molecule has 1 atom stereocenters. The molecular formula is C20H24N4O3. The smallest absolute Gasteiger partial charge is 0.317 e. The van der Waals surface area contributed by atoms with Gasteiger partial charge in [-0.15, -0.1) is 0 Å². The zero-order valence-electron chi connectivity index (χ0n) is 15.2. The van der Waals surface area contributed by atoms with Crippen molar-refractivity contribution in [2.24, 2.45) is 5.92 Å². The number of ether oxygens (including phenoxy) is 1. The summed E-state index contributed by atoms with van der Waals surface area (Å²) < 4.78 is 7.15. The molecule has 142 valence electrons. The maximum absolute atomic E-state index is 12.4. The molecule has 2 fully saturated rings. The van der Waals surface area contributed by atoms with Crippen molar-refractivity contribution in [3.63, 3.8) is 0 Å². The van der Waals surface area contributed by atoms with Crippen LogP contribution in [-0.4, -0.2) is 53.1 Å². The molecule has 7 nitrogen and oxygen atoms in total. The molecule has 0 spiro atoms. The first-order valence-corrected chi connectivity index (χ1v) is 9.49. The number of nitrogens with one attached hydrogen (secondary N) is 1. The third-order valence-corrected chi connectivity index (χ3v) is 5.06. The van der Waals surface area contributed by atoms with Crippen LogP contribution in [0.1, 0.15) is 12.8 Å². The second kappa shape index (κ2) is 7.92. The number of carbonyl (C=O) groups excluding carboxylic acids is 1. The molecule has 0 radical (unpaired) electrons. The van der Waals surface area contributed by atoms with Gasteiger partial charge >= 0.3 is 6.03 Å². The van der Waals surface area contributed by atoms with E-state index < -0.39 is 0 Å². The van der Waals surface area contributed by atoms with Crippen LogP contribution in [0.2, 0.25) is 0 Å². The Morgan fingerprint density at radius 3 is 2.78 bits per heavy atom. The highest BCUT2D eigenvalue weighted by Crippen LogP contribution is 2.35. The summed E-state index contributed by atoms with van der Waals surface area (Å²) in [6.45, 7) is 2.54. The van der Waals surface area contributed by atoms with Gasteiger partial charge < -0.3 is 15.0 Å². The monoisotopic (exact) mass is 368 g/mol. The average molecular weight is 368 g/mol. The molecule has 0 unspecified atom stereocenters. The summed E-state index contributed by atoms with van der Waals surface area (Å²) in [5, 5.41) is 7.31. The summed E-state index contributed by atoms with van der Waals surface area (Å²) in [5.74, 6) is 0.615. The molecule has 2 amide bonds. The lowest BCUT2D eigenvalue weighted by molar-refractivity contribution is -0.0252. The summed E-state index contributed by atoms with van der Waals surface area (Å²) in [5.41, 5.74) is 1.51. The predicted octanol–water partition coefficient (Wildman–Crippen LogP) is 1.73. The van der Waals surface area contributed by atoms with Crippen molar-refractivity contribution in [3.8, 4) is 11.3 Å². The lowest BCUT2D eigenvalue weighted by atomic mass is 10.1. The van der Waals surface area contributed by atoms with E-state index in [1.165, 1.54) is 23.6 Å². The van der Waals surface area contributed by atoms with E-state index in [4.69, 9.17) is 4.74 Å². The number of aromatic nitrogens is 2. The molecule has 4 rings (SSSR count). The number of morpholine rings is 1. The molecule has 1 N–H and O–H groups in total. The first-order chi connectivity index (χ1) is 13.2. The highest BCUT2D eigenvalue weighted by molar-refractivity contribution is 5.74. The van der Waals surface area contributed by atoms with Crippen LogP contribution in [0, 0.1) is 5.92 Å². The van der Waals surface area contributed by atoms with E-state index in [2.05, 4.69) is 10.4 Å². The quantitative estimate of drug-likeness (QED) is 0.872. The minimum absolute atomic E-state index is 0.101. The zero-order valence-corrected chi connectivity index (χ0v) is 15.2. The van der Waals surface area contributed by atoms with Gasteiger partial charge in [-0.3, -0.25) is 4.79 Å². The minimum atomic E-state index is -0.177. The van der Waals surface area contributed by atoms with Crippen LogP contribution in [0.15, 0.2) is 47.3 Å². The fourth-order valence-corrected chi connectivity index (χ4v) is 3.37. The fraction of sp³-hybridized carbons (Fsp3) is 0.450. The molecule has 2 heterocycles. The van der Waals surface area contributed by atoms with Crippen molar-refractivity contribution in [2.45, 2.75) is 25.5 Å². The van der Waals surface area contributed by atoms with Crippen LogP contribution in [0.5, 0.6) is 0 Å². The molecule has 1 aliphatic carbocycles. The summed E-state index contributed by atoms with van der Waals surface area (Å²) >= 11 is 0. The number of benzene rings is 1. The van der Waals surface area contributed by atoms with E-state index in [1.807, 2.05) is 35.2 Å². The highest BCUT2D eigenvalue weighted by atomic mass is 16.5. The van der Waals surface area contributed by atoms with Crippen LogP contribution >= 0.6 is 0 Å². The molecule has 1 aromatic carbocycles. The van der Waals surface area contributed by atoms with E-state index in [9.17, 15) is 9.59 Å². The maximum atomic E-state index is 12.4. The van der Waals surface area contributed by atoms with Crippen molar-refractivity contribution in [1.82, 2.24) is 20.0 Å². The van der Waals surface area contributed by atoms with Gasteiger partial charge in [-0.2, -0.15) is 5.10 Å². The summed E-state index contributed by atoms with van der Waals surface area (Å²) in [4.78, 5) is 26.3. The molecule has 2 aliphatic rings. The number of hydrogen-bond donors (Lipinski definition) is 1. The van der Waals surface area contributed by atoms with E-state index in [0.717, 1.165) is 11.3 Å². The van der Waals surface area contributed by atoms with Crippen LogP contribution in [-0.2, 0) is 11.3 Å². The number of hydrogen-bond acceptors (Lipinski definition) is 4. The molecule has 1 aliphatic heterocycles. The molecule has 27 heavy (non-hydrogen) atoms.